The number of hydrogen-bond acceptors (Lipinski definition) is 25. The Morgan fingerprint density at radius 2 is 0.796 bits per heavy atom. The molecule has 0 bridgehead atoms. The van der Waals surface area contributed by atoms with Crippen LogP contribution in [0.5, 0.6) is 0 Å². The Morgan fingerprint density at radius 1 is 0.425 bits per heavy atom. The summed E-state index contributed by atoms with van der Waals surface area (Å²) < 4.78 is 16.7. The quantitative estimate of drug-likeness (QED) is 0.0116. The molecule has 0 saturated carbocycles. The van der Waals surface area contributed by atoms with Crippen LogP contribution in [-0.2, 0) is 76.6 Å². The number of nitrogens with zero attached hydrogens (tertiary/aromatic N) is 6. The van der Waals surface area contributed by atoms with Gasteiger partial charge in [0.15, 0.2) is 11.9 Å². The number of aliphatic hydroxyl groups is 2. The molecule has 0 aliphatic carbocycles. The van der Waals surface area contributed by atoms with Crippen molar-refractivity contribution in [2.24, 2.45) is 55.9 Å². The van der Waals surface area contributed by atoms with E-state index in [-0.39, 0.29) is 148 Å². The number of aliphatic imine (C=N–C) groups is 2. The highest BCUT2D eigenvalue weighted by Gasteiger charge is 2.47. The summed E-state index contributed by atoms with van der Waals surface area (Å²) in [6.07, 6.45) is 4.50. The summed E-state index contributed by atoms with van der Waals surface area (Å²) in [6, 6.07) is -12.8. The van der Waals surface area contributed by atoms with E-state index in [1.807, 2.05) is 6.92 Å². The first-order valence-corrected chi connectivity index (χ1v) is 40.2. The average Bonchev–Trinajstić information content (AvgIpc) is 1.67. The Bertz CT molecular complexity index is 3020. The third-order valence-electron chi connectivity index (χ3n) is 19.9. The molecule has 4 aliphatic rings. The van der Waals surface area contributed by atoms with E-state index in [4.69, 9.17) is 64.9 Å². The summed E-state index contributed by atoms with van der Waals surface area (Å²) >= 11 is 0. The maximum atomic E-state index is 14.7. The molecule has 4 rings (SSSR count). The van der Waals surface area contributed by atoms with Gasteiger partial charge in [0, 0.05) is 72.1 Å². The van der Waals surface area contributed by atoms with Crippen LogP contribution in [0, 0.1) is 0 Å². The molecule has 41 nitrogen and oxygen atoms in total. The minimum Gasteiger partial charge on any atom is -0.391 e. The molecule has 0 aromatic heterocycles. The van der Waals surface area contributed by atoms with Crippen LogP contribution in [-0.4, -0.2) is 316 Å². The molecule has 4 aliphatic heterocycles. The number of aliphatic hydroxyl groups excluding tert-OH is 2. The zero-order valence-electron chi connectivity index (χ0n) is 66.4. The van der Waals surface area contributed by atoms with Crippen LogP contribution in [0.4, 0.5) is 0 Å². The van der Waals surface area contributed by atoms with Crippen molar-refractivity contribution in [1.82, 2.24) is 67.6 Å². The minimum atomic E-state index is -1.36. The van der Waals surface area contributed by atoms with Gasteiger partial charge >= 0.3 is 0 Å². The second-order valence-electron chi connectivity index (χ2n) is 28.8. The van der Waals surface area contributed by atoms with Gasteiger partial charge in [-0.05, 0) is 182 Å². The molecule has 0 aromatic rings. The van der Waals surface area contributed by atoms with Gasteiger partial charge in [0.1, 0.15) is 66.5 Å². The number of guanidine groups is 2. The van der Waals surface area contributed by atoms with E-state index in [9.17, 15) is 67.7 Å². The van der Waals surface area contributed by atoms with Gasteiger partial charge in [-0.25, -0.2) is 5.48 Å². The number of rotatable bonds is 57. The van der Waals surface area contributed by atoms with Crippen LogP contribution in [0.2, 0.25) is 0 Å². The molecule has 27 N–H and O–H groups in total. The van der Waals surface area contributed by atoms with E-state index >= 15 is 0 Å². The lowest BCUT2D eigenvalue weighted by Gasteiger charge is -2.33. The van der Waals surface area contributed by atoms with E-state index in [0.29, 0.717) is 124 Å². The maximum Gasteiger partial charge on any atom is 0.246 e. The van der Waals surface area contributed by atoms with Crippen molar-refractivity contribution in [3.05, 3.63) is 0 Å². The molecule has 644 valence electrons. The highest BCUT2D eigenvalue weighted by atomic mass is 16.6. The molecule has 4 heterocycles. The lowest BCUT2D eigenvalue weighted by molar-refractivity contribution is -0.148. The second-order valence-corrected chi connectivity index (χ2v) is 28.8. The summed E-state index contributed by atoms with van der Waals surface area (Å²) in [5, 5.41) is 41.9. The Balaban J connectivity index is 1.50. The third kappa shape index (κ3) is 35.2. The molecular formula is C72H133N23O18. The maximum absolute atomic E-state index is 14.7. The molecule has 113 heavy (non-hydrogen) atoms. The number of nitrogens with two attached hydrogens (primary N) is 8. The van der Waals surface area contributed by atoms with E-state index in [1.54, 1.807) is 0 Å². The van der Waals surface area contributed by atoms with E-state index < -0.39 is 156 Å². The average molecular weight is 1610 g/mol. The summed E-state index contributed by atoms with van der Waals surface area (Å²) in [5.74, 6) is -8.03. The van der Waals surface area contributed by atoms with Gasteiger partial charge < -0.3 is 137 Å². The van der Waals surface area contributed by atoms with Crippen LogP contribution in [0.1, 0.15) is 168 Å². The van der Waals surface area contributed by atoms with Crippen molar-refractivity contribution >= 4 is 82.8 Å². The van der Waals surface area contributed by atoms with E-state index in [0.717, 1.165) is 6.42 Å². The second kappa shape index (κ2) is 54.5. The van der Waals surface area contributed by atoms with Crippen LogP contribution >= 0.6 is 0 Å². The van der Waals surface area contributed by atoms with Crippen molar-refractivity contribution in [2.45, 2.75) is 247 Å². The number of amides is 12. The smallest absolute Gasteiger partial charge is 0.246 e. The van der Waals surface area contributed by atoms with Gasteiger partial charge in [0.2, 0.25) is 70.9 Å². The van der Waals surface area contributed by atoms with Crippen molar-refractivity contribution in [2.75, 3.05) is 125 Å². The SMILES string of the molecule is CCONCCCOCCOCCOCCCNC(=O)CNC(=O)C(CCCCNC(=O)C(CCCN=C(N)N)NC(=O)C1CCCN1C(=O)C1CCCN1C(=O)C(CCCCN)NC(=O)C(N)C(C)O)NC(=O)C(CCCN=C(N)N)NC(=O)C1CCCN1C(=O)C1CCCN1C(=O)C(CCCCN)NC(=O)C(N)C(C)O. The number of unbranched alkanes of at least 4 members (excludes halogenated alkanes) is 3. The number of likely N-dealkylation sites (tertiary alicyclic amines) is 4. The zero-order valence-corrected chi connectivity index (χ0v) is 66.4. The zero-order chi connectivity index (χ0) is 83.2. The molecule has 4 saturated heterocycles. The molecule has 0 aromatic carbocycles. The largest absolute Gasteiger partial charge is 0.391 e. The predicted octanol–water partition coefficient (Wildman–Crippen LogP) is -6.95. The van der Waals surface area contributed by atoms with Crippen molar-refractivity contribution in [3.8, 4) is 0 Å². The van der Waals surface area contributed by atoms with Crippen LogP contribution in [0.25, 0.3) is 0 Å². The van der Waals surface area contributed by atoms with Crippen LogP contribution < -0.4 is 93.9 Å². The number of nitrogens with one attached hydrogen (secondary N) is 9. The summed E-state index contributed by atoms with van der Waals surface area (Å²) in [7, 11) is 0. The van der Waals surface area contributed by atoms with Gasteiger partial charge in [-0.3, -0.25) is 67.5 Å². The molecular weight excluding hydrogens is 1470 g/mol. The first-order valence-electron chi connectivity index (χ1n) is 40.2. The fraction of sp³-hybridized carbons (Fsp3) is 0.806. The number of hydrogen-bond donors (Lipinski definition) is 19. The van der Waals surface area contributed by atoms with Gasteiger partial charge in [0.05, 0.1) is 51.8 Å². The fourth-order valence-electron chi connectivity index (χ4n) is 13.6. The highest BCUT2D eigenvalue weighted by Crippen LogP contribution is 2.29. The number of hydroxylamine groups is 1. The Hall–Kier alpha value is -8.26. The Morgan fingerprint density at radius 3 is 1.24 bits per heavy atom. The minimum absolute atomic E-state index is 0.0144. The Labute approximate surface area is 662 Å². The lowest BCUT2D eigenvalue weighted by Crippen LogP contribution is -2.59. The van der Waals surface area contributed by atoms with Gasteiger partial charge in [0.25, 0.3) is 0 Å². The third-order valence-corrected chi connectivity index (χ3v) is 19.9. The van der Waals surface area contributed by atoms with Crippen LogP contribution in [0.3, 0.4) is 0 Å². The molecule has 0 spiro atoms. The molecule has 13 unspecified atom stereocenters. The van der Waals surface area contributed by atoms with Gasteiger partial charge in [-0.2, -0.15) is 0 Å². The Kier molecular flexibility index (Phi) is 46.8. The molecule has 13 atom stereocenters. The molecule has 0 radical (unpaired) electrons. The van der Waals surface area contributed by atoms with E-state index in [1.165, 1.54) is 33.4 Å². The van der Waals surface area contributed by atoms with Crippen molar-refractivity contribution in [3.63, 3.8) is 0 Å². The summed E-state index contributed by atoms with van der Waals surface area (Å²) in [4.78, 5) is 188. The number of carbonyl (C=O) groups is 12. The normalized spacial score (nSPS) is 19.1. The molecule has 41 heteroatoms. The highest BCUT2D eigenvalue weighted by molar-refractivity contribution is 5.99. The first-order chi connectivity index (χ1) is 54.2. The topological polar surface area (TPSA) is 636 Å². The van der Waals surface area contributed by atoms with Gasteiger partial charge in [-0.15, -0.1) is 0 Å². The van der Waals surface area contributed by atoms with Crippen molar-refractivity contribution < 1.29 is 86.8 Å². The molecule has 4 fully saturated rings. The number of carbonyl (C=O) groups excluding carboxylic acids is 12. The fourth-order valence-corrected chi connectivity index (χ4v) is 13.6. The lowest BCUT2D eigenvalue weighted by atomic mass is 10.0. The summed E-state index contributed by atoms with van der Waals surface area (Å²) in [6.45, 7) is 9.28. The van der Waals surface area contributed by atoms with Crippen LogP contribution in [0.15, 0.2) is 9.98 Å². The molecule has 12 amide bonds. The first kappa shape index (κ1) is 97.1. The van der Waals surface area contributed by atoms with Crippen molar-refractivity contribution in [1.29, 1.82) is 0 Å². The standard InChI is InChI=1S/C72H133N23O18/c1-4-113-86-34-18-40-111-42-44-112-43-41-110-39-17-33-81-57(98)45-85-61(100)48(87-62(101)50(23-12-32-84-72(79)80)89-64(103)54-25-14-36-93(54)70(109)56-27-16-38-95(56)68(107)52(21-6-9-29-74)91-66(105)59(76)47(3)97)19-7-10-30-82-60(99)49(22-11-31-83-71(77)78)88-63(102)53-24-13-35-92(53)69(108)55-26-15-37-94(55)67(106)51(20-5-8-28-73)90-65(104)58(75)46(2)96/h46-56,58-59,86,96-97H,4-45,73-76H2,1-3H3,(H,81,98)(H,82,99)(H,85,100)(H,87,101)(H,88,102)(H,89,103)(H,90,104)(H,91,105)(H4,77,78,83)(H4,79,80,84). The van der Waals surface area contributed by atoms with Gasteiger partial charge in [-0.1, -0.05) is 0 Å². The number of ether oxygens (including phenoxy) is 3. The van der Waals surface area contributed by atoms with E-state index in [2.05, 4.69) is 58.0 Å². The monoisotopic (exact) mass is 1610 g/mol. The summed E-state index contributed by atoms with van der Waals surface area (Å²) in [5.41, 5.74) is 48.6. The predicted molar refractivity (Wildman–Crippen MR) is 418 cm³/mol.